The predicted molar refractivity (Wildman–Crippen MR) is 88.5 cm³/mol. The monoisotopic (exact) mass is 300 g/mol. The lowest BCUT2D eigenvalue weighted by Gasteiger charge is -2.11. The fourth-order valence-electron chi connectivity index (χ4n) is 1.96. The third-order valence-corrected chi connectivity index (χ3v) is 3.18. The lowest BCUT2D eigenvalue weighted by Crippen LogP contribution is -1.98. The van der Waals surface area contributed by atoms with E-state index in [2.05, 4.69) is 10.5 Å². The molecule has 0 spiro atoms. The molecule has 5 nitrogen and oxygen atoms in total. The minimum absolute atomic E-state index is 0.614. The third kappa shape index (κ3) is 3.69. The van der Waals surface area contributed by atoms with Gasteiger partial charge >= 0.3 is 0 Å². The Balaban J connectivity index is 2.20. The molecule has 0 aliphatic carbocycles. The van der Waals surface area contributed by atoms with Crippen LogP contribution in [0.2, 0.25) is 0 Å². The normalized spacial score (nSPS) is 10.5. The quantitative estimate of drug-likeness (QED) is 0.655. The van der Waals surface area contributed by atoms with Crippen LogP contribution in [-0.4, -0.2) is 27.5 Å². The molecule has 0 unspecified atom stereocenters. The molecule has 0 heterocycles. The Hall–Kier alpha value is -2.69. The molecule has 5 heteroatoms. The average molecular weight is 300 g/mol. The first-order chi connectivity index (χ1) is 10.7. The zero-order valence-electron chi connectivity index (χ0n) is 13.2. The molecule has 22 heavy (non-hydrogen) atoms. The Labute approximate surface area is 130 Å². The zero-order valence-corrected chi connectivity index (χ0v) is 13.2. The second-order valence-corrected chi connectivity index (χ2v) is 4.69. The number of nitrogens with zero attached hydrogens (tertiary/aromatic N) is 1. The summed E-state index contributed by atoms with van der Waals surface area (Å²) >= 11 is 0. The molecule has 0 atom stereocenters. The molecule has 0 aromatic heterocycles. The van der Waals surface area contributed by atoms with Crippen molar-refractivity contribution >= 4 is 11.9 Å². The largest absolute Gasteiger partial charge is 0.496 e. The highest BCUT2D eigenvalue weighted by atomic mass is 16.5. The second kappa shape index (κ2) is 7.36. The van der Waals surface area contributed by atoms with Gasteiger partial charge in [0, 0.05) is 11.6 Å². The van der Waals surface area contributed by atoms with Crippen molar-refractivity contribution in [1.29, 1.82) is 0 Å². The van der Waals surface area contributed by atoms with Crippen molar-refractivity contribution in [1.82, 2.24) is 0 Å². The summed E-state index contributed by atoms with van der Waals surface area (Å²) in [7, 11) is 4.78. The molecule has 0 saturated heterocycles. The van der Waals surface area contributed by atoms with Gasteiger partial charge in [-0.25, -0.2) is 0 Å². The van der Waals surface area contributed by atoms with Crippen LogP contribution in [0.1, 0.15) is 11.1 Å². The van der Waals surface area contributed by atoms with Crippen LogP contribution in [0.5, 0.6) is 17.2 Å². The molecular formula is C17H20N2O3. The van der Waals surface area contributed by atoms with Crippen LogP contribution < -0.4 is 19.6 Å². The lowest BCUT2D eigenvalue weighted by atomic mass is 10.2. The van der Waals surface area contributed by atoms with E-state index in [1.807, 2.05) is 37.3 Å². The molecule has 0 bridgehead atoms. The fourth-order valence-corrected chi connectivity index (χ4v) is 1.96. The maximum absolute atomic E-state index is 5.35. The van der Waals surface area contributed by atoms with Crippen LogP contribution in [-0.2, 0) is 0 Å². The first-order valence-electron chi connectivity index (χ1n) is 6.83. The third-order valence-electron chi connectivity index (χ3n) is 3.18. The van der Waals surface area contributed by atoms with Crippen molar-refractivity contribution in [2.24, 2.45) is 5.10 Å². The van der Waals surface area contributed by atoms with Crippen molar-refractivity contribution in [3.05, 3.63) is 47.5 Å². The minimum Gasteiger partial charge on any atom is -0.496 e. The Morgan fingerprint density at radius 2 is 1.45 bits per heavy atom. The number of hydrogen-bond donors (Lipinski definition) is 1. The number of rotatable bonds is 6. The number of anilines is 1. The molecule has 2 aromatic carbocycles. The highest BCUT2D eigenvalue weighted by Gasteiger charge is 2.10. The molecule has 0 amide bonds. The number of hydrogen-bond acceptors (Lipinski definition) is 5. The van der Waals surface area contributed by atoms with Crippen molar-refractivity contribution in [2.75, 3.05) is 26.8 Å². The van der Waals surface area contributed by atoms with Crippen molar-refractivity contribution in [3.63, 3.8) is 0 Å². The second-order valence-electron chi connectivity index (χ2n) is 4.69. The fraction of sp³-hybridized carbons (Fsp3) is 0.235. The van der Waals surface area contributed by atoms with Gasteiger partial charge in [-0.05, 0) is 25.1 Å². The number of ether oxygens (including phenoxy) is 3. The van der Waals surface area contributed by atoms with Crippen LogP contribution >= 0.6 is 0 Å². The Morgan fingerprint density at radius 1 is 0.864 bits per heavy atom. The lowest BCUT2D eigenvalue weighted by molar-refractivity contribution is 0.349. The maximum Gasteiger partial charge on any atom is 0.164 e. The van der Waals surface area contributed by atoms with E-state index in [1.165, 1.54) is 5.56 Å². The Morgan fingerprint density at radius 3 is 2.05 bits per heavy atom. The highest BCUT2D eigenvalue weighted by Crippen LogP contribution is 2.33. The standard InChI is InChI=1S/C17H20N2O3/c1-12-5-7-14(8-6-12)19-18-11-13-9-16(21-3)17(22-4)10-15(13)20-2/h5-11,19H,1-4H3/b18-11-. The molecule has 0 radical (unpaired) electrons. The topological polar surface area (TPSA) is 52.1 Å². The number of methoxy groups -OCH3 is 3. The van der Waals surface area contributed by atoms with Crippen LogP contribution in [0.25, 0.3) is 0 Å². The molecule has 2 aromatic rings. The summed E-state index contributed by atoms with van der Waals surface area (Å²) in [5, 5.41) is 4.23. The minimum atomic E-state index is 0.614. The van der Waals surface area contributed by atoms with Crippen molar-refractivity contribution < 1.29 is 14.2 Å². The maximum atomic E-state index is 5.35. The van der Waals surface area contributed by atoms with Gasteiger partial charge in [0.25, 0.3) is 0 Å². The molecular weight excluding hydrogens is 280 g/mol. The van der Waals surface area contributed by atoms with Gasteiger partial charge in [0.1, 0.15) is 5.75 Å². The van der Waals surface area contributed by atoms with E-state index in [0.717, 1.165) is 11.3 Å². The Kier molecular flexibility index (Phi) is 5.25. The molecule has 116 valence electrons. The van der Waals surface area contributed by atoms with E-state index in [4.69, 9.17) is 14.2 Å². The van der Waals surface area contributed by atoms with Gasteiger partial charge in [0.05, 0.1) is 33.2 Å². The molecule has 0 fully saturated rings. The molecule has 1 N–H and O–H groups in total. The summed E-state index contributed by atoms with van der Waals surface area (Å²) in [6.07, 6.45) is 1.68. The van der Waals surface area contributed by atoms with Crippen molar-refractivity contribution in [3.8, 4) is 17.2 Å². The average Bonchev–Trinajstić information content (AvgIpc) is 2.56. The van der Waals surface area contributed by atoms with Gasteiger partial charge in [-0.1, -0.05) is 17.7 Å². The van der Waals surface area contributed by atoms with Gasteiger partial charge < -0.3 is 14.2 Å². The molecule has 0 aliphatic rings. The first-order valence-corrected chi connectivity index (χ1v) is 6.83. The van der Waals surface area contributed by atoms with E-state index in [-0.39, 0.29) is 0 Å². The van der Waals surface area contributed by atoms with E-state index >= 15 is 0 Å². The summed E-state index contributed by atoms with van der Waals surface area (Å²) in [6.45, 7) is 2.04. The Bertz CT molecular complexity index is 652. The SMILES string of the molecule is COc1cc(OC)c(OC)cc1/C=N\Nc1ccc(C)cc1. The van der Waals surface area contributed by atoms with E-state index in [0.29, 0.717) is 17.2 Å². The smallest absolute Gasteiger partial charge is 0.164 e. The zero-order chi connectivity index (χ0) is 15.9. The van der Waals surface area contributed by atoms with Gasteiger partial charge in [-0.2, -0.15) is 5.10 Å². The predicted octanol–water partition coefficient (Wildman–Crippen LogP) is 3.47. The summed E-state index contributed by atoms with van der Waals surface area (Å²) < 4.78 is 15.9. The van der Waals surface area contributed by atoms with E-state index < -0.39 is 0 Å². The van der Waals surface area contributed by atoms with Crippen molar-refractivity contribution in [2.45, 2.75) is 6.92 Å². The summed E-state index contributed by atoms with van der Waals surface area (Å²) in [4.78, 5) is 0. The number of benzene rings is 2. The van der Waals surface area contributed by atoms with Crippen LogP contribution in [0, 0.1) is 6.92 Å². The number of hydrazone groups is 1. The van der Waals surface area contributed by atoms with E-state index in [1.54, 1.807) is 33.6 Å². The number of nitrogens with one attached hydrogen (secondary N) is 1. The number of aryl methyl sites for hydroxylation is 1. The summed E-state index contributed by atoms with van der Waals surface area (Å²) in [5.41, 5.74) is 5.89. The van der Waals surface area contributed by atoms with Crippen LogP contribution in [0.15, 0.2) is 41.5 Å². The van der Waals surface area contributed by atoms with Crippen LogP contribution in [0.4, 0.5) is 5.69 Å². The van der Waals surface area contributed by atoms with Gasteiger partial charge in [0.15, 0.2) is 11.5 Å². The molecule has 0 saturated carbocycles. The van der Waals surface area contributed by atoms with Gasteiger partial charge in [-0.3, -0.25) is 5.43 Å². The van der Waals surface area contributed by atoms with Crippen LogP contribution in [0.3, 0.4) is 0 Å². The summed E-state index contributed by atoms with van der Waals surface area (Å²) in [5.74, 6) is 1.90. The molecule has 2 rings (SSSR count). The van der Waals surface area contributed by atoms with Gasteiger partial charge in [0.2, 0.25) is 0 Å². The van der Waals surface area contributed by atoms with E-state index in [9.17, 15) is 0 Å². The molecule has 0 aliphatic heterocycles. The summed E-state index contributed by atoms with van der Waals surface area (Å²) in [6, 6.07) is 11.6. The van der Waals surface area contributed by atoms with Gasteiger partial charge in [-0.15, -0.1) is 0 Å². The highest BCUT2D eigenvalue weighted by molar-refractivity contribution is 5.85. The first kappa shape index (κ1) is 15.7.